The number of benzene rings is 2. The van der Waals surface area contributed by atoms with Crippen LogP contribution in [0, 0.1) is 15.5 Å². The van der Waals surface area contributed by atoms with Crippen LogP contribution in [-0.4, -0.2) is 20.7 Å². The molecule has 0 saturated heterocycles. The second kappa shape index (κ2) is 7.02. The van der Waals surface area contributed by atoms with Crippen LogP contribution in [0.3, 0.4) is 0 Å². The average Bonchev–Trinajstić information content (AvgIpc) is 3.34. The maximum atomic E-state index is 12.6. The molecule has 2 unspecified atom stereocenters. The molecule has 2 aliphatic rings. The van der Waals surface area contributed by atoms with Crippen molar-refractivity contribution in [2.45, 2.75) is 51.6 Å². The number of hydrogen-bond acceptors (Lipinski definition) is 5. The molecule has 7 heteroatoms. The lowest BCUT2D eigenvalue weighted by Gasteiger charge is -2.35. The Labute approximate surface area is 186 Å². The SMILES string of the molecule is CC12CCC(c3c(COC(=O)c4ccc([N+](=O)[O-])cc4)nn(-c4ccccc4)c31)C2(C)C. The number of nitro groups is 1. The van der Waals surface area contributed by atoms with Gasteiger partial charge >= 0.3 is 5.97 Å². The van der Waals surface area contributed by atoms with Crippen LogP contribution in [0.25, 0.3) is 5.69 Å². The number of ether oxygens (including phenoxy) is 1. The largest absolute Gasteiger partial charge is 0.455 e. The number of hydrogen-bond donors (Lipinski definition) is 0. The van der Waals surface area contributed by atoms with Crippen LogP contribution in [0.4, 0.5) is 5.69 Å². The molecular weight excluding hydrogens is 406 g/mol. The number of para-hydroxylation sites is 1. The Hall–Kier alpha value is -3.48. The van der Waals surface area contributed by atoms with E-state index in [4.69, 9.17) is 9.84 Å². The summed E-state index contributed by atoms with van der Waals surface area (Å²) in [6.45, 7) is 7.05. The second-order valence-electron chi connectivity index (χ2n) is 9.48. The first-order valence-corrected chi connectivity index (χ1v) is 10.8. The van der Waals surface area contributed by atoms with E-state index in [-0.39, 0.29) is 28.7 Å². The van der Waals surface area contributed by atoms with Crippen molar-refractivity contribution in [1.29, 1.82) is 0 Å². The number of nitrogens with zero attached hydrogens (tertiary/aromatic N) is 3. The Bertz CT molecular complexity index is 1210. The van der Waals surface area contributed by atoms with Gasteiger partial charge in [0.25, 0.3) is 5.69 Å². The van der Waals surface area contributed by atoms with Gasteiger partial charge < -0.3 is 4.74 Å². The number of carbonyl (C=O) groups excluding carboxylic acids is 1. The first kappa shape index (κ1) is 20.4. The summed E-state index contributed by atoms with van der Waals surface area (Å²) in [4.78, 5) is 22.9. The van der Waals surface area contributed by atoms with Gasteiger partial charge in [0, 0.05) is 23.1 Å². The summed E-state index contributed by atoms with van der Waals surface area (Å²) in [5, 5.41) is 15.7. The third-order valence-electron chi connectivity index (χ3n) is 7.75. The predicted octanol–water partition coefficient (Wildman–Crippen LogP) is 5.31. The van der Waals surface area contributed by atoms with Gasteiger partial charge in [0.15, 0.2) is 0 Å². The quantitative estimate of drug-likeness (QED) is 0.310. The van der Waals surface area contributed by atoms with Gasteiger partial charge in [0.05, 0.1) is 21.9 Å². The molecule has 32 heavy (non-hydrogen) atoms. The second-order valence-corrected chi connectivity index (χ2v) is 9.48. The molecule has 0 N–H and O–H groups in total. The zero-order chi connectivity index (χ0) is 22.7. The fourth-order valence-corrected chi connectivity index (χ4v) is 5.60. The van der Waals surface area contributed by atoms with Crippen LogP contribution in [0.5, 0.6) is 0 Å². The summed E-state index contributed by atoms with van der Waals surface area (Å²) >= 11 is 0. The molecule has 2 atom stereocenters. The number of aromatic nitrogens is 2. The molecule has 2 aromatic carbocycles. The summed E-state index contributed by atoms with van der Waals surface area (Å²) in [5.41, 5.74) is 4.54. The number of fused-ring (bicyclic) bond motifs is 5. The van der Waals surface area contributed by atoms with Crippen molar-refractivity contribution in [2.24, 2.45) is 5.41 Å². The minimum absolute atomic E-state index is 0.00351. The van der Waals surface area contributed by atoms with Crippen LogP contribution in [0.1, 0.15) is 66.8 Å². The van der Waals surface area contributed by atoms with Gasteiger partial charge in [-0.15, -0.1) is 0 Å². The van der Waals surface area contributed by atoms with Crippen molar-refractivity contribution in [1.82, 2.24) is 9.78 Å². The van der Waals surface area contributed by atoms with Crippen molar-refractivity contribution in [3.05, 3.63) is 87.2 Å². The first-order valence-electron chi connectivity index (χ1n) is 10.8. The lowest BCUT2D eigenvalue weighted by Crippen LogP contribution is -2.33. The van der Waals surface area contributed by atoms with Crippen LogP contribution in [-0.2, 0) is 16.8 Å². The molecule has 0 radical (unpaired) electrons. The number of rotatable bonds is 5. The minimum atomic E-state index is -0.517. The molecule has 5 rings (SSSR count). The molecule has 164 valence electrons. The van der Waals surface area contributed by atoms with Gasteiger partial charge in [-0.1, -0.05) is 39.0 Å². The highest BCUT2D eigenvalue weighted by Crippen LogP contribution is 2.68. The molecule has 3 aromatic rings. The molecule has 1 aromatic heterocycles. The van der Waals surface area contributed by atoms with Gasteiger partial charge in [-0.3, -0.25) is 10.1 Å². The number of non-ortho nitro benzene ring substituents is 1. The summed E-state index contributed by atoms with van der Waals surface area (Å²) in [6.07, 6.45) is 2.21. The Morgan fingerprint density at radius 2 is 1.84 bits per heavy atom. The number of esters is 1. The highest BCUT2D eigenvalue weighted by Gasteiger charge is 2.62. The average molecular weight is 431 g/mol. The third kappa shape index (κ3) is 2.80. The van der Waals surface area contributed by atoms with Crippen LogP contribution < -0.4 is 0 Å². The van der Waals surface area contributed by atoms with Crippen molar-refractivity contribution >= 4 is 11.7 Å². The van der Waals surface area contributed by atoms with E-state index in [1.807, 2.05) is 35.0 Å². The van der Waals surface area contributed by atoms with Gasteiger partial charge in [-0.25, -0.2) is 9.48 Å². The molecule has 2 aliphatic carbocycles. The molecule has 0 spiro atoms. The zero-order valence-corrected chi connectivity index (χ0v) is 18.4. The van der Waals surface area contributed by atoms with E-state index in [1.54, 1.807) is 0 Å². The fourth-order valence-electron chi connectivity index (χ4n) is 5.60. The first-order chi connectivity index (χ1) is 15.2. The third-order valence-corrected chi connectivity index (χ3v) is 7.75. The molecule has 1 saturated carbocycles. The maximum absolute atomic E-state index is 12.6. The van der Waals surface area contributed by atoms with Crippen LogP contribution >= 0.6 is 0 Å². The Balaban J connectivity index is 1.48. The van der Waals surface area contributed by atoms with Crippen LogP contribution in [0.2, 0.25) is 0 Å². The van der Waals surface area contributed by atoms with Crippen molar-refractivity contribution in [3.8, 4) is 5.69 Å². The smallest absolute Gasteiger partial charge is 0.338 e. The molecule has 1 fully saturated rings. The van der Waals surface area contributed by atoms with Gasteiger partial charge in [-0.05, 0) is 48.4 Å². The van der Waals surface area contributed by atoms with E-state index in [2.05, 4.69) is 20.8 Å². The van der Waals surface area contributed by atoms with Crippen LogP contribution in [0.15, 0.2) is 54.6 Å². The monoisotopic (exact) mass is 431 g/mol. The van der Waals surface area contributed by atoms with Crippen molar-refractivity contribution in [3.63, 3.8) is 0 Å². The standard InChI is InChI=1S/C25H25N3O4/c1-24(2)19-13-14-25(24,3)22-21(19)20(26-27(22)17-7-5-4-6-8-17)15-32-23(29)16-9-11-18(12-10-16)28(30)31/h4-12,19H,13-15H2,1-3H3. The molecule has 7 nitrogen and oxygen atoms in total. The maximum Gasteiger partial charge on any atom is 0.338 e. The molecule has 0 amide bonds. The van der Waals surface area contributed by atoms with E-state index >= 15 is 0 Å². The van der Waals surface area contributed by atoms with E-state index in [0.717, 1.165) is 24.2 Å². The highest BCUT2D eigenvalue weighted by atomic mass is 16.6. The summed E-state index contributed by atoms with van der Waals surface area (Å²) in [5.74, 6) is -0.149. The van der Waals surface area contributed by atoms with Gasteiger partial charge in [0.1, 0.15) is 12.3 Å². The van der Waals surface area contributed by atoms with Gasteiger partial charge in [0.2, 0.25) is 0 Å². The normalized spacial score (nSPS) is 22.5. The minimum Gasteiger partial charge on any atom is -0.455 e. The van der Waals surface area contributed by atoms with E-state index in [9.17, 15) is 14.9 Å². The van der Waals surface area contributed by atoms with Crippen molar-refractivity contribution < 1.29 is 14.5 Å². The number of carbonyl (C=O) groups is 1. The topological polar surface area (TPSA) is 87.3 Å². The summed E-state index contributed by atoms with van der Waals surface area (Å²) in [6, 6.07) is 15.5. The lowest BCUT2D eigenvalue weighted by atomic mass is 9.70. The van der Waals surface area contributed by atoms with E-state index < -0.39 is 10.9 Å². The van der Waals surface area contributed by atoms with Gasteiger partial charge in [-0.2, -0.15) is 5.10 Å². The Morgan fingerprint density at radius 3 is 2.50 bits per heavy atom. The lowest BCUT2D eigenvalue weighted by molar-refractivity contribution is -0.384. The Morgan fingerprint density at radius 1 is 1.16 bits per heavy atom. The molecule has 1 heterocycles. The zero-order valence-electron chi connectivity index (χ0n) is 18.4. The van der Waals surface area contributed by atoms with Crippen molar-refractivity contribution in [2.75, 3.05) is 0 Å². The fraction of sp³-hybridized carbons (Fsp3) is 0.360. The highest BCUT2D eigenvalue weighted by molar-refractivity contribution is 5.89. The van der Waals surface area contributed by atoms with E-state index in [0.29, 0.717) is 5.92 Å². The molecule has 0 aliphatic heterocycles. The predicted molar refractivity (Wildman–Crippen MR) is 119 cm³/mol. The van der Waals surface area contributed by atoms with E-state index in [1.165, 1.54) is 35.5 Å². The summed E-state index contributed by atoms with van der Waals surface area (Å²) in [7, 11) is 0. The number of nitro benzene ring substituents is 1. The molecular formula is C25H25N3O4. The molecule has 2 bridgehead atoms. The Kier molecular flexibility index (Phi) is 4.48. The summed E-state index contributed by atoms with van der Waals surface area (Å²) < 4.78 is 7.65.